The molecule has 0 radical (unpaired) electrons. The van der Waals surface area contributed by atoms with E-state index in [4.69, 9.17) is 4.52 Å². The molecule has 0 bridgehead atoms. The van der Waals surface area contributed by atoms with Crippen LogP contribution in [0.3, 0.4) is 0 Å². The molecule has 1 fully saturated rings. The van der Waals surface area contributed by atoms with Gasteiger partial charge in [0.15, 0.2) is 0 Å². The molecule has 0 unspecified atom stereocenters. The summed E-state index contributed by atoms with van der Waals surface area (Å²) < 4.78 is 19.0. The lowest BCUT2D eigenvalue weighted by atomic mass is 10.1. The maximum Gasteiger partial charge on any atom is 0.241 e. The number of piperazine rings is 1. The van der Waals surface area contributed by atoms with Crippen molar-refractivity contribution in [3.63, 3.8) is 0 Å². The van der Waals surface area contributed by atoms with Crippen LogP contribution in [0, 0.1) is 18.7 Å². The average Bonchev–Trinajstić information content (AvgIpc) is 3.06. The Balaban J connectivity index is 1.59. The number of amides is 1. The van der Waals surface area contributed by atoms with Gasteiger partial charge < -0.3 is 9.42 Å². The molecule has 134 valence electrons. The fourth-order valence-corrected chi connectivity index (χ4v) is 2.85. The van der Waals surface area contributed by atoms with Crippen molar-refractivity contribution in [3.05, 3.63) is 35.5 Å². The molecule has 1 aromatic carbocycles. The van der Waals surface area contributed by atoms with Crippen molar-refractivity contribution in [1.82, 2.24) is 19.9 Å². The summed E-state index contributed by atoms with van der Waals surface area (Å²) in [6.07, 6.45) is 0. The Labute approximate surface area is 146 Å². The fourth-order valence-electron chi connectivity index (χ4n) is 2.85. The van der Waals surface area contributed by atoms with Crippen LogP contribution < -0.4 is 0 Å². The second-order valence-corrected chi connectivity index (χ2v) is 6.73. The Morgan fingerprint density at radius 1 is 1.28 bits per heavy atom. The molecule has 1 saturated heterocycles. The van der Waals surface area contributed by atoms with E-state index < -0.39 is 0 Å². The minimum absolute atomic E-state index is 0.0277. The molecule has 0 N–H and O–H groups in total. The SMILES string of the molecule is Cc1ccc(-c2noc(CN3CCN(C(=O)C(C)C)CC3)n2)cc1F. The number of hydrogen-bond acceptors (Lipinski definition) is 5. The Bertz CT molecular complexity index is 751. The van der Waals surface area contributed by atoms with E-state index in [2.05, 4.69) is 15.0 Å². The Hall–Kier alpha value is -2.28. The molecular weight excluding hydrogens is 323 g/mol. The van der Waals surface area contributed by atoms with Gasteiger partial charge in [0.1, 0.15) is 5.82 Å². The van der Waals surface area contributed by atoms with E-state index >= 15 is 0 Å². The molecule has 1 aliphatic rings. The normalized spacial score (nSPS) is 15.8. The maximum absolute atomic E-state index is 13.7. The number of carbonyl (C=O) groups excluding carboxylic acids is 1. The molecule has 0 atom stereocenters. The number of hydrogen-bond donors (Lipinski definition) is 0. The van der Waals surface area contributed by atoms with Gasteiger partial charge in [0.2, 0.25) is 17.6 Å². The van der Waals surface area contributed by atoms with Crippen LogP contribution in [0.1, 0.15) is 25.3 Å². The van der Waals surface area contributed by atoms with Gasteiger partial charge in [0.05, 0.1) is 6.54 Å². The maximum atomic E-state index is 13.7. The van der Waals surface area contributed by atoms with Gasteiger partial charge in [-0.25, -0.2) is 4.39 Å². The fraction of sp³-hybridized carbons (Fsp3) is 0.500. The van der Waals surface area contributed by atoms with Crippen molar-refractivity contribution >= 4 is 5.91 Å². The van der Waals surface area contributed by atoms with Crippen molar-refractivity contribution in [1.29, 1.82) is 0 Å². The van der Waals surface area contributed by atoms with Gasteiger partial charge in [0, 0.05) is 37.7 Å². The molecule has 25 heavy (non-hydrogen) atoms. The summed E-state index contributed by atoms with van der Waals surface area (Å²) in [7, 11) is 0. The molecule has 0 saturated carbocycles. The van der Waals surface area contributed by atoms with Crippen LogP contribution >= 0.6 is 0 Å². The lowest BCUT2D eigenvalue weighted by Gasteiger charge is -2.34. The van der Waals surface area contributed by atoms with Gasteiger partial charge >= 0.3 is 0 Å². The third kappa shape index (κ3) is 4.04. The summed E-state index contributed by atoms with van der Waals surface area (Å²) in [6, 6.07) is 4.90. The Morgan fingerprint density at radius 2 is 2.00 bits per heavy atom. The smallest absolute Gasteiger partial charge is 0.241 e. The minimum atomic E-state index is -0.283. The van der Waals surface area contributed by atoms with Crippen molar-refractivity contribution in [2.24, 2.45) is 5.92 Å². The summed E-state index contributed by atoms with van der Waals surface area (Å²) >= 11 is 0. The van der Waals surface area contributed by atoms with Gasteiger partial charge in [-0.1, -0.05) is 31.1 Å². The molecule has 3 rings (SSSR count). The van der Waals surface area contributed by atoms with Crippen molar-refractivity contribution in [3.8, 4) is 11.4 Å². The molecule has 0 spiro atoms. The summed E-state index contributed by atoms with van der Waals surface area (Å²) in [6.45, 7) is 9.05. The first-order valence-electron chi connectivity index (χ1n) is 8.54. The van der Waals surface area contributed by atoms with Crippen molar-refractivity contribution < 1.29 is 13.7 Å². The number of aromatic nitrogens is 2. The minimum Gasteiger partial charge on any atom is -0.340 e. The number of aryl methyl sites for hydroxylation is 1. The summed E-state index contributed by atoms with van der Waals surface area (Å²) in [5.74, 6) is 0.831. The summed E-state index contributed by atoms with van der Waals surface area (Å²) in [5.41, 5.74) is 1.19. The molecule has 1 aliphatic heterocycles. The lowest BCUT2D eigenvalue weighted by molar-refractivity contribution is -0.136. The van der Waals surface area contributed by atoms with Gasteiger partial charge in [0.25, 0.3) is 0 Å². The standard InChI is InChI=1S/C18H23FN4O2/c1-12(2)18(24)23-8-6-22(7-9-23)11-16-20-17(21-25-16)14-5-4-13(3)15(19)10-14/h4-5,10,12H,6-9,11H2,1-3H3. The number of benzene rings is 1. The van der Waals surface area contributed by atoms with Crippen LogP contribution in [-0.2, 0) is 11.3 Å². The van der Waals surface area contributed by atoms with Gasteiger partial charge in [-0.2, -0.15) is 4.98 Å². The quantitative estimate of drug-likeness (QED) is 0.851. The lowest BCUT2D eigenvalue weighted by Crippen LogP contribution is -2.49. The third-order valence-electron chi connectivity index (χ3n) is 4.43. The van der Waals surface area contributed by atoms with E-state index in [9.17, 15) is 9.18 Å². The second kappa shape index (κ2) is 7.31. The number of carbonyl (C=O) groups is 1. The van der Waals surface area contributed by atoms with Crippen molar-refractivity contribution in [2.75, 3.05) is 26.2 Å². The second-order valence-electron chi connectivity index (χ2n) is 6.73. The number of nitrogens with zero attached hydrogens (tertiary/aromatic N) is 4. The van der Waals surface area contributed by atoms with Gasteiger partial charge in [-0.3, -0.25) is 9.69 Å². The first kappa shape index (κ1) is 17.5. The zero-order valence-electron chi connectivity index (χ0n) is 14.8. The topological polar surface area (TPSA) is 62.5 Å². The predicted octanol–water partition coefficient (Wildman–Crippen LogP) is 2.48. The van der Waals surface area contributed by atoms with Gasteiger partial charge in [-0.15, -0.1) is 0 Å². The zero-order chi connectivity index (χ0) is 18.0. The molecule has 2 heterocycles. The highest BCUT2D eigenvalue weighted by molar-refractivity contribution is 5.78. The van der Waals surface area contributed by atoms with Crippen LogP contribution in [0.5, 0.6) is 0 Å². The van der Waals surface area contributed by atoms with E-state index in [1.165, 1.54) is 6.07 Å². The molecule has 7 heteroatoms. The zero-order valence-corrected chi connectivity index (χ0v) is 14.8. The molecule has 6 nitrogen and oxygen atoms in total. The highest BCUT2D eigenvalue weighted by Gasteiger charge is 2.24. The van der Waals surface area contributed by atoms with Crippen LogP contribution in [0.25, 0.3) is 11.4 Å². The third-order valence-corrected chi connectivity index (χ3v) is 4.43. The van der Waals surface area contributed by atoms with Crippen LogP contribution in [0.15, 0.2) is 22.7 Å². The van der Waals surface area contributed by atoms with Crippen LogP contribution in [0.2, 0.25) is 0 Å². The monoisotopic (exact) mass is 346 g/mol. The van der Waals surface area contributed by atoms with E-state index in [1.54, 1.807) is 19.1 Å². The first-order valence-corrected chi connectivity index (χ1v) is 8.54. The van der Waals surface area contributed by atoms with Crippen molar-refractivity contribution in [2.45, 2.75) is 27.3 Å². The number of halogens is 1. The first-order chi connectivity index (χ1) is 11.9. The van der Waals surface area contributed by atoms with Gasteiger partial charge in [-0.05, 0) is 18.6 Å². The molecule has 1 amide bonds. The van der Waals surface area contributed by atoms with E-state index in [1.807, 2.05) is 18.7 Å². The largest absolute Gasteiger partial charge is 0.340 e. The highest BCUT2D eigenvalue weighted by atomic mass is 19.1. The van der Waals surface area contributed by atoms with E-state index in [0.717, 1.165) is 13.1 Å². The average molecular weight is 346 g/mol. The van der Waals surface area contributed by atoms with Crippen LogP contribution in [-0.4, -0.2) is 52.0 Å². The van der Waals surface area contributed by atoms with E-state index in [-0.39, 0.29) is 17.6 Å². The Morgan fingerprint density at radius 3 is 2.64 bits per heavy atom. The molecule has 2 aromatic rings. The van der Waals surface area contributed by atoms with Crippen LogP contribution in [0.4, 0.5) is 4.39 Å². The molecular formula is C18H23FN4O2. The van der Waals surface area contributed by atoms with E-state index in [0.29, 0.717) is 42.5 Å². The Kier molecular flexibility index (Phi) is 5.13. The summed E-state index contributed by atoms with van der Waals surface area (Å²) in [5, 5.41) is 3.95. The molecule has 0 aliphatic carbocycles. The summed E-state index contributed by atoms with van der Waals surface area (Å²) in [4.78, 5) is 20.4. The highest BCUT2D eigenvalue weighted by Crippen LogP contribution is 2.19. The molecule has 1 aromatic heterocycles. The number of rotatable bonds is 4. The predicted molar refractivity (Wildman–Crippen MR) is 91.1 cm³/mol.